The van der Waals surface area contributed by atoms with E-state index < -0.39 is 5.67 Å². The molecular formula is C11H15BrFNO2. The Morgan fingerprint density at radius 2 is 2.50 bits per heavy atom. The molecule has 1 saturated heterocycles. The quantitative estimate of drug-likeness (QED) is 0.930. The fourth-order valence-corrected chi connectivity index (χ4v) is 2.59. The second-order valence-corrected chi connectivity index (χ2v) is 5.08. The molecule has 0 spiro atoms. The molecule has 16 heavy (non-hydrogen) atoms. The lowest BCUT2D eigenvalue weighted by Crippen LogP contribution is -2.44. The molecule has 0 bridgehead atoms. The first-order valence-electron chi connectivity index (χ1n) is 5.33. The highest BCUT2D eigenvalue weighted by Crippen LogP contribution is 2.36. The number of rotatable bonds is 3. The summed E-state index contributed by atoms with van der Waals surface area (Å²) in [7, 11) is 0. The molecule has 2 rings (SSSR count). The van der Waals surface area contributed by atoms with Crippen LogP contribution in [0.5, 0.6) is 0 Å². The molecule has 3 nitrogen and oxygen atoms in total. The summed E-state index contributed by atoms with van der Waals surface area (Å²) >= 11 is 3.28. The van der Waals surface area contributed by atoms with E-state index in [2.05, 4.69) is 21.2 Å². The van der Waals surface area contributed by atoms with Gasteiger partial charge in [-0.25, -0.2) is 4.39 Å². The Kier molecular flexibility index (Phi) is 3.66. The highest BCUT2D eigenvalue weighted by Gasteiger charge is 2.35. The van der Waals surface area contributed by atoms with Gasteiger partial charge in [0, 0.05) is 19.0 Å². The van der Waals surface area contributed by atoms with E-state index in [-0.39, 0.29) is 6.04 Å². The van der Waals surface area contributed by atoms with Crippen LogP contribution < -0.4 is 5.32 Å². The molecule has 1 aliphatic rings. The molecule has 1 aliphatic heterocycles. The molecule has 5 heteroatoms. The molecule has 1 fully saturated rings. The molecule has 1 aromatic heterocycles. The average molecular weight is 292 g/mol. The molecule has 0 amide bonds. The fraction of sp³-hybridized carbons (Fsp3) is 0.636. The predicted molar refractivity (Wildman–Crippen MR) is 62.1 cm³/mol. The third kappa shape index (κ3) is 2.64. The first-order valence-corrected chi connectivity index (χ1v) is 6.12. The number of furan rings is 1. The minimum absolute atomic E-state index is 0.0424. The Bertz CT molecular complexity index is 348. The zero-order chi connectivity index (χ0) is 11.6. The second-order valence-electron chi connectivity index (χ2n) is 4.23. The monoisotopic (exact) mass is 291 g/mol. The van der Waals surface area contributed by atoms with E-state index in [1.807, 2.05) is 0 Å². The average Bonchev–Trinajstić information content (AvgIpc) is 2.66. The largest absolute Gasteiger partial charge is 0.465 e. The summed E-state index contributed by atoms with van der Waals surface area (Å²) < 4.78 is 25.6. The zero-order valence-electron chi connectivity index (χ0n) is 9.13. The second kappa shape index (κ2) is 4.85. The van der Waals surface area contributed by atoms with Crippen LogP contribution >= 0.6 is 15.9 Å². The SMILES string of the molecule is CC(F)(CC1COCCN1)c1occc1Br. The van der Waals surface area contributed by atoms with E-state index >= 15 is 0 Å². The van der Waals surface area contributed by atoms with Gasteiger partial charge in [0.25, 0.3) is 0 Å². The van der Waals surface area contributed by atoms with Gasteiger partial charge in [-0.2, -0.15) is 0 Å². The van der Waals surface area contributed by atoms with E-state index in [0.29, 0.717) is 29.9 Å². The number of hydrogen-bond acceptors (Lipinski definition) is 3. The standard InChI is InChI=1S/C11H15BrFNO2/c1-11(13,10-9(12)2-4-16-10)6-8-7-15-5-3-14-8/h2,4,8,14H,3,5-7H2,1H3. The van der Waals surface area contributed by atoms with Gasteiger partial charge in [0.2, 0.25) is 0 Å². The molecular weight excluding hydrogens is 277 g/mol. The number of hydrogen-bond donors (Lipinski definition) is 1. The van der Waals surface area contributed by atoms with Crippen LogP contribution in [0.2, 0.25) is 0 Å². The van der Waals surface area contributed by atoms with Crippen LogP contribution in [0.3, 0.4) is 0 Å². The molecule has 90 valence electrons. The predicted octanol–water partition coefficient (Wildman–Crippen LogP) is 2.61. The van der Waals surface area contributed by atoms with Crippen molar-refractivity contribution < 1.29 is 13.5 Å². The Balaban J connectivity index is 2.04. The molecule has 2 unspecified atom stereocenters. The Hall–Kier alpha value is -0.390. The first-order chi connectivity index (χ1) is 7.59. The molecule has 1 N–H and O–H groups in total. The topological polar surface area (TPSA) is 34.4 Å². The number of morpholine rings is 1. The van der Waals surface area contributed by atoms with Crippen LogP contribution in [0.25, 0.3) is 0 Å². The van der Waals surface area contributed by atoms with Gasteiger partial charge in [-0.1, -0.05) is 0 Å². The first kappa shape index (κ1) is 12.1. The van der Waals surface area contributed by atoms with Crippen molar-refractivity contribution in [2.24, 2.45) is 0 Å². The van der Waals surface area contributed by atoms with E-state index in [1.165, 1.54) is 13.2 Å². The molecule has 0 aromatic carbocycles. The molecule has 0 saturated carbocycles. The van der Waals surface area contributed by atoms with Crippen molar-refractivity contribution in [1.29, 1.82) is 0 Å². The van der Waals surface area contributed by atoms with Gasteiger partial charge in [-0.15, -0.1) is 0 Å². The smallest absolute Gasteiger partial charge is 0.168 e. The number of alkyl halides is 1. The van der Waals surface area contributed by atoms with Crippen molar-refractivity contribution in [3.8, 4) is 0 Å². The van der Waals surface area contributed by atoms with Crippen LogP contribution in [0, 0.1) is 0 Å². The summed E-state index contributed by atoms with van der Waals surface area (Å²) in [6.07, 6.45) is 1.83. The summed E-state index contributed by atoms with van der Waals surface area (Å²) in [5, 5.41) is 3.23. The van der Waals surface area contributed by atoms with E-state index in [1.54, 1.807) is 6.07 Å². The summed E-state index contributed by atoms with van der Waals surface area (Å²) in [5.74, 6) is 0.347. The zero-order valence-corrected chi connectivity index (χ0v) is 10.7. The van der Waals surface area contributed by atoms with Crippen molar-refractivity contribution in [3.05, 3.63) is 22.6 Å². The lowest BCUT2D eigenvalue weighted by atomic mass is 9.96. The number of ether oxygens (including phenoxy) is 1. The normalized spacial score (nSPS) is 25.3. The summed E-state index contributed by atoms with van der Waals surface area (Å²) in [6, 6.07) is 1.75. The minimum Gasteiger partial charge on any atom is -0.465 e. The highest BCUT2D eigenvalue weighted by molar-refractivity contribution is 9.10. The summed E-state index contributed by atoms with van der Waals surface area (Å²) in [4.78, 5) is 0. The maximum atomic E-state index is 14.5. The van der Waals surface area contributed by atoms with Crippen molar-refractivity contribution in [2.75, 3.05) is 19.8 Å². The Morgan fingerprint density at radius 3 is 3.06 bits per heavy atom. The lowest BCUT2D eigenvalue weighted by molar-refractivity contribution is 0.0405. The molecule has 0 aliphatic carbocycles. The van der Waals surface area contributed by atoms with Crippen LogP contribution in [0.15, 0.2) is 21.2 Å². The highest BCUT2D eigenvalue weighted by atomic mass is 79.9. The molecule has 2 heterocycles. The van der Waals surface area contributed by atoms with E-state index in [9.17, 15) is 4.39 Å². The third-order valence-corrected chi connectivity index (χ3v) is 3.34. The van der Waals surface area contributed by atoms with Gasteiger partial charge in [0.1, 0.15) is 0 Å². The summed E-state index contributed by atoms with van der Waals surface area (Å²) in [5.41, 5.74) is -1.49. The van der Waals surface area contributed by atoms with Crippen molar-refractivity contribution in [3.63, 3.8) is 0 Å². The van der Waals surface area contributed by atoms with Crippen molar-refractivity contribution >= 4 is 15.9 Å². The number of nitrogens with one attached hydrogen (secondary N) is 1. The van der Waals surface area contributed by atoms with Gasteiger partial charge in [0.05, 0.1) is 23.9 Å². The van der Waals surface area contributed by atoms with Gasteiger partial charge in [-0.3, -0.25) is 0 Å². The van der Waals surface area contributed by atoms with Crippen LogP contribution in [-0.2, 0) is 10.4 Å². The molecule has 1 aromatic rings. The van der Waals surface area contributed by atoms with Crippen LogP contribution in [0.4, 0.5) is 4.39 Å². The van der Waals surface area contributed by atoms with Crippen molar-refractivity contribution in [2.45, 2.75) is 25.1 Å². The lowest BCUT2D eigenvalue weighted by Gasteiger charge is -2.29. The Labute approximate surface area is 102 Å². The molecule has 2 atom stereocenters. The minimum atomic E-state index is -1.49. The van der Waals surface area contributed by atoms with Gasteiger partial charge in [0.15, 0.2) is 11.4 Å². The Morgan fingerprint density at radius 1 is 1.69 bits per heavy atom. The maximum Gasteiger partial charge on any atom is 0.168 e. The van der Waals surface area contributed by atoms with Gasteiger partial charge < -0.3 is 14.5 Å². The van der Waals surface area contributed by atoms with Crippen LogP contribution in [-0.4, -0.2) is 25.8 Å². The van der Waals surface area contributed by atoms with Gasteiger partial charge in [-0.05, 0) is 28.9 Å². The van der Waals surface area contributed by atoms with Crippen molar-refractivity contribution in [1.82, 2.24) is 5.32 Å². The summed E-state index contributed by atoms with van der Waals surface area (Å²) in [6.45, 7) is 3.56. The van der Waals surface area contributed by atoms with Gasteiger partial charge >= 0.3 is 0 Å². The number of halogens is 2. The van der Waals surface area contributed by atoms with Crippen LogP contribution in [0.1, 0.15) is 19.1 Å². The van der Waals surface area contributed by atoms with E-state index in [4.69, 9.17) is 9.15 Å². The molecule has 0 radical (unpaired) electrons. The fourth-order valence-electron chi connectivity index (χ4n) is 1.97. The maximum absolute atomic E-state index is 14.5. The third-order valence-electron chi connectivity index (χ3n) is 2.72. The van der Waals surface area contributed by atoms with E-state index in [0.717, 1.165) is 6.54 Å².